The van der Waals surface area contributed by atoms with Crippen molar-refractivity contribution in [2.75, 3.05) is 13.1 Å². The highest BCUT2D eigenvalue weighted by molar-refractivity contribution is 7.14. The fourth-order valence-corrected chi connectivity index (χ4v) is 4.48. The molecule has 1 saturated heterocycles. The van der Waals surface area contributed by atoms with Gasteiger partial charge in [0, 0.05) is 18.0 Å². The van der Waals surface area contributed by atoms with Crippen LogP contribution in [-0.2, 0) is 17.6 Å². The van der Waals surface area contributed by atoms with Crippen LogP contribution in [0.5, 0.6) is 0 Å². The van der Waals surface area contributed by atoms with Crippen LogP contribution in [-0.4, -0.2) is 41.4 Å². The maximum Gasteiger partial charge on any atom is 0.308 e. The van der Waals surface area contributed by atoms with Gasteiger partial charge in [-0.2, -0.15) is 0 Å². The van der Waals surface area contributed by atoms with Gasteiger partial charge in [0.25, 0.3) is 5.91 Å². The Hall–Kier alpha value is -1.50. The van der Waals surface area contributed by atoms with E-state index in [4.69, 9.17) is 5.11 Å². The van der Waals surface area contributed by atoms with Gasteiger partial charge in [0.1, 0.15) is 0 Å². The highest BCUT2D eigenvalue weighted by atomic mass is 32.1. The summed E-state index contributed by atoms with van der Waals surface area (Å²) < 4.78 is 26.0. The Morgan fingerprint density at radius 2 is 2.00 bits per heavy atom. The minimum absolute atomic E-state index is 0.133. The van der Waals surface area contributed by atoms with Crippen molar-refractivity contribution in [3.05, 3.63) is 21.4 Å². The third kappa shape index (κ3) is 2.74. The smallest absolute Gasteiger partial charge is 0.308 e. The number of halogens is 2. The second-order valence-corrected chi connectivity index (χ2v) is 7.06. The first-order valence-electron chi connectivity index (χ1n) is 7.39. The van der Waals surface area contributed by atoms with Gasteiger partial charge in [0.05, 0.1) is 16.7 Å². The van der Waals surface area contributed by atoms with E-state index < -0.39 is 24.2 Å². The Bertz CT molecular complexity index is 578. The predicted octanol–water partition coefficient (Wildman–Crippen LogP) is 2.66. The Morgan fingerprint density at radius 1 is 1.27 bits per heavy atom. The van der Waals surface area contributed by atoms with Crippen molar-refractivity contribution in [2.24, 2.45) is 11.8 Å². The van der Waals surface area contributed by atoms with Crippen LogP contribution in [0.3, 0.4) is 0 Å². The van der Waals surface area contributed by atoms with Crippen molar-refractivity contribution in [3.63, 3.8) is 0 Å². The molecule has 1 aliphatic carbocycles. The highest BCUT2D eigenvalue weighted by Crippen LogP contribution is 2.34. The van der Waals surface area contributed by atoms with E-state index in [2.05, 4.69) is 0 Å². The van der Waals surface area contributed by atoms with Gasteiger partial charge in [0.2, 0.25) is 6.43 Å². The lowest BCUT2D eigenvalue weighted by Gasteiger charge is -2.14. The number of hydrogen-bond donors (Lipinski definition) is 1. The summed E-state index contributed by atoms with van der Waals surface area (Å²) >= 11 is 1.42. The second kappa shape index (κ2) is 5.95. The average Bonchev–Trinajstić information content (AvgIpc) is 3.10. The van der Waals surface area contributed by atoms with E-state index in [9.17, 15) is 18.4 Å². The number of aliphatic carboxylic acids is 1. The van der Waals surface area contributed by atoms with E-state index in [0.717, 1.165) is 25.7 Å². The standard InChI is InChI=1S/C15H17F2NO3S/c16-13(17)9-6-18(7-10(9)15(20)21)14(19)12-5-8-3-1-2-4-11(8)22-12/h5,9-10,13H,1-4,6-7H2,(H,20,21)/t9-,10-/m1/s1. The quantitative estimate of drug-likeness (QED) is 0.927. The zero-order chi connectivity index (χ0) is 15.9. The molecule has 0 saturated carbocycles. The maximum absolute atomic E-state index is 13.0. The molecule has 2 aliphatic rings. The molecule has 1 aromatic heterocycles. The molecule has 0 unspecified atom stereocenters. The molecule has 3 rings (SSSR count). The van der Waals surface area contributed by atoms with Crippen molar-refractivity contribution < 1.29 is 23.5 Å². The molecule has 1 amide bonds. The molecule has 0 bridgehead atoms. The summed E-state index contributed by atoms with van der Waals surface area (Å²) in [6, 6.07) is 1.85. The van der Waals surface area contributed by atoms with Gasteiger partial charge in [0.15, 0.2) is 0 Å². The van der Waals surface area contributed by atoms with E-state index in [1.54, 1.807) is 0 Å². The monoisotopic (exact) mass is 329 g/mol. The second-order valence-electron chi connectivity index (χ2n) is 5.92. The third-order valence-corrected chi connectivity index (χ3v) is 5.73. The summed E-state index contributed by atoms with van der Waals surface area (Å²) in [7, 11) is 0. The first-order valence-corrected chi connectivity index (χ1v) is 8.21. The number of nitrogens with zero attached hydrogens (tertiary/aromatic N) is 1. The minimum atomic E-state index is -2.73. The van der Waals surface area contributed by atoms with Gasteiger partial charge >= 0.3 is 5.97 Å². The molecule has 2 atom stereocenters. The number of alkyl halides is 2. The number of carboxylic acid groups (broad SMARTS) is 1. The van der Waals surface area contributed by atoms with Crippen molar-refractivity contribution in [2.45, 2.75) is 32.1 Å². The summed E-state index contributed by atoms with van der Waals surface area (Å²) in [6.07, 6.45) is 1.41. The molecule has 120 valence electrons. The van der Waals surface area contributed by atoms with Crippen molar-refractivity contribution >= 4 is 23.2 Å². The summed E-state index contributed by atoms with van der Waals surface area (Å²) in [4.78, 5) is 26.6. The lowest BCUT2D eigenvalue weighted by atomic mass is 9.97. The molecule has 4 nitrogen and oxygen atoms in total. The van der Waals surface area contributed by atoms with Crippen molar-refractivity contribution in [1.29, 1.82) is 0 Å². The van der Waals surface area contributed by atoms with Gasteiger partial charge in [-0.05, 0) is 37.3 Å². The van der Waals surface area contributed by atoms with Crippen molar-refractivity contribution in [1.82, 2.24) is 4.90 Å². The maximum atomic E-state index is 13.0. The number of amides is 1. The van der Waals surface area contributed by atoms with Gasteiger partial charge in [-0.1, -0.05) is 0 Å². The minimum Gasteiger partial charge on any atom is -0.481 e. The largest absolute Gasteiger partial charge is 0.481 e. The van der Waals surface area contributed by atoms with Crippen LogP contribution < -0.4 is 0 Å². The summed E-state index contributed by atoms with van der Waals surface area (Å²) in [5.41, 5.74) is 1.18. The van der Waals surface area contributed by atoms with Crippen LogP contribution in [0.2, 0.25) is 0 Å². The van der Waals surface area contributed by atoms with Gasteiger partial charge in [-0.3, -0.25) is 9.59 Å². The van der Waals surface area contributed by atoms with E-state index >= 15 is 0 Å². The van der Waals surface area contributed by atoms with Gasteiger partial charge < -0.3 is 10.0 Å². The van der Waals surface area contributed by atoms with Crippen LogP contribution in [0, 0.1) is 11.8 Å². The fourth-order valence-electron chi connectivity index (χ4n) is 3.26. The normalized spacial score (nSPS) is 24.6. The highest BCUT2D eigenvalue weighted by Gasteiger charge is 2.44. The van der Waals surface area contributed by atoms with Crippen molar-refractivity contribution in [3.8, 4) is 0 Å². The molecule has 1 fully saturated rings. The van der Waals surface area contributed by atoms with Crippen LogP contribution in [0.1, 0.15) is 33.0 Å². The van der Waals surface area contributed by atoms with E-state index in [-0.39, 0.29) is 19.0 Å². The Morgan fingerprint density at radius 3 is 2.59 bits per heavy atom. The molecule has 7 heteroatoms. The topological polar surface area (TPSA) is 57.6 Å². The van der Waals surface area contributed by atoms with Crippen LogP contribution in [0.4, 0.5) is 8.78 Å². The number of likely N-dealkylation sites (tertiary alicyclic amines) is 1. The Labute approximate surface area is 130 Å². The third-order valence-electron chi connectivity index (χ3n) is 4.50. The lowest BCUT2D eigenvalue weighted by Crippen LogP contribution is -2.29. The molecule has 1 N–H and O–H groups in total. The summed E-state index contributed by atoms with van der Waals surface area (Å²) in [6.45, 7) is -0.318. The van der Waals surface area contributed by atoms with Crippen LogP contribution >= 0.6 is 11.3 Å². The van der Waals surface area contributed by atoms with Crippen LogP contribution in [0.25, 0.3) is 0 Å². The molecular formula is C15H17F2NO3S. The number of rotatable bonds is 3. The Balaban J connectivity index is 1.78. The molecule has 0 radical (unpaired) electrons. The zero-order valence-electron chi connectivity index (χ0n) is 11.9. The number of fused-ring (bicyclic) bond motifs is 1. The first kappa shape index (κ1) is 15.4. The number of carbonyl (C=O) groups is 2. The number of thiophene rings is 1. The molecule has 1 aliphatic heterocycles. The first-order chi connectivity index (χ1) is 10.5. The molecule has 0 spiro atoms. The van der Waals surface area contributed by atoms with Gasteiger partial charge in [-0.25, -0.2) is 8.78 Å². The SMILES string of the molecule is O=C(O)[C@@H]1CN(C(=O)c2cc3c(s2)CCCC3)C[C@H]1C(F)F. The molecule has 22 heavy (non-hydrogen) atoms. The molecule has 1 aromatic rings. The molecule has 0 aromatic carbocycles. The van der Waals surface area contributed by atoms with Gasteiger partial charge in [-0.15, -0.1) is 11.3 Å². The molecular weight excluding hydrogens is 312 g/mol. The fraction of sp³-hybridized carbons (Fsp3) is 0.600. The Kier molecular flexibility index (Phi) is 4.16. The number of aryl methyl sites for hydroxylation is 2. The summed E-state index contributed by atoms with van der Waals surface area (Å²) in [5.74, 6) is -4.03. The van der Waals surface area contributed by atoms with E-state index in [0.29, 0.717) is 4.88 Å². The van der Waals surface area contributed by atoms with Crippen LogP contribution in [0.15, 0.2) is 6.07 Å². The lowest BCUT2D eigenvalue weighted by molar-refractivity contribution is -0.144. The predicted molar refractivity (Wildman–Crippen MR) is 77.5 cm³/mol. The van der Waals surface area contributed by atoms with E-state index in [1.807, 2.05) is 6.07 Å². The summed E-state index contributed by atoms with van der Waals surface area (Å²) in [5, 5.41) is 9.07. The average molecular weight is 329 g/mol. The van der Waals surface area contributed by atoms with E-state index in [1.165, 1.54) is 26.7 Å². The molecule has 2 heterocycles. The number of hydrogen-bond acceptors (Lipinski definition) is 3. The number of carboxylic acids is 1. The number of carbonyl (C=O) groups excluding carboxylic acids is 1. The zero-order valence-corrected chi connectivity index (χ0v) is 12.7.